The van der Waals surface area contributed by atoms with Crippen LogP contribution in [0.2, 0.25) is 5.02 Å². The van der Waals surface area contributed by atoms with E-state index in [1.807, 2.05) is 18.2 Å². The maximum Gasteiger partial charge on any atom is 0.137 e. The third-order valence-electron chi connectivity index (χ3n) is 3.21. The van der Waals surface area contributed by atoms with Crippen LogP contribution in [0.15, 0.2) is 42.5 Å². The molecule has 0 heterocycles. The lowest BCUT2D eigenvalue weighted by atomic mass is 10.1. The maximum atomic E-state index is 6.11. The molecule has 0 unspecified atom stereocenters. The second kappa shape index (κ2) is 7.20. The van der Waals surface area contributed by atoms with Crippen LogP contribution in [-0.4, -0.2) is 7.11 Å². The lowest BCUT2D eigenvalue weighted by Crippen LogP contribution is -1.99. The van der Waals surface area contributed by atoms with Crippen molar-refractivity contribution in [2.75, 3.05) is 12.4 Å². The first kappa shape index (κ1) is 14.7. The Balaban J connectivity index is 1.96. The summed E-state index contributed by atoms with van der Waals surface area (Å²) < 4.78 is 5.15. The number of rotatable bonds is 6. The van der Waals surface area contributed by atoms with Crippen LogP contribution >= 0.6 is 11.6 Å². The third-order valence-corrected chi connectivity index (χ3v) is 3.50. The second-order valence-electron chi connectivity index (χ2n) is 4.77. The molecular formula is C17H20ClNO. The Kier molecular flexibility index (Phi) is 5.31. The molecule has 0 aliphatic rings. The topological polar surface area (TPSA) is 21.3 Å². The van der Waals surface area contributed by atoms with Crippen LogP contribution in [0.1, 0.15) is 24.5 Å². The van der Waals surface area contributed by atoms with E-state index in [0.717, 1.165) is 24.2 Å². The lowest BCUT2D eigenvalue weighted by molar-refractivity contribution is 0.415. The van der Waals surface area contributed by atoms with Crippen molar-refractivity contribution < 1.29 is 4.74 Å². The van der Waals surface area contributed by atoms with Crippen molar-refractivity contribution in [3.63, 3.8) is 0 Å². The molecule has 0 aliphatic heterocycles. The number of hydrogen-bond acceptors (Lipinski definition) is 2. The van der Waals surface area contributed by atoms with E-state index in [4.69, 9.17) is 16.3 Å². The highest BCUT2D eigenvalue weighted by Crippen LogP contribution is 2.25. The lowest BCUT2D eigenvalue weighted by Gasteiger charge is -2.09. The quantitative estimate of drug-likeness (QED) is 0.815. The highest BCUT2D eigenvalue weighted by atomic mass is 35.5. The summed E-state index contributed by atoms with van der Waals surface area (Å²) in [6, 6.07) is 14.4. The van der Waals surface area contributed by atoms with Gasteiger partial charge in [0.2, 0.25) is 0 Å². The van der Waals surface area contributed by atoms with Crippen molar-refractivity contribution in [2.45, 2.75) is 26.3 Å². The highest BCUT2D eigenvalue weighted by molar-refractivity contribution is 6.32. The number of aryl methyl sites for hydroxylation is 1. The summed E-state index contributed by atoms with van der Waals surface area (Å²) in [5.74, 6) is 0.708. The van der Waals surface area contributed by atoms with E-state index in [-0.39, 0.29) is 0 Å². The van der Waals surface area contributed by atoms with Gasteiger partial charge in [0.25, 0.3) is 0 Å². The van der Waals surface area contributed by atoms with Gasteiger partial charge in [-0.3, -0.25) is 0 Å². The smallest absolute Gasteiger partial charge is 0.137 e. The summed E-state index contributed by atoms with van der Waals surface area (Å²) in [5, 5.41) is 4.04. The Morgan fingerprint density at radius 2 is 1.75 bits per heavy atom. The molecule has 0 saturated heterocycles. The fourth-order valence-electron chi connectivity index (χ4n) is 2.10. The molecule has 0 aliphatic carbocycles. The number of anilines is 1. The standard InChI is InChI=1S/C17H20ClNO/c1-3-4-13-5-8-15(9-6-13)19-12-14-7-10-17(20-2)16(18)11-14/h5-11,19H,3-4,12H2,1-2H3. The van der Waals surface area contributed by atoms with Crippen LogP contribution in [0.3, 0.4) is 0 Å². The van der Waals surface area contributed by atoms with Gasteiger partial charge in [0.1, 0.15) is 5.75 Å². The molecule has 0 amide bonds. The summed E-state index contributed by atoms with van der Waals surface area (Å²) in [4.78, 5) is 0. The Morgan fingerprint density at radius 3 is 2.35 bits per heavy atom. The number of halogens is 1. The van der Waals surface area contributed by atoms with Crippen molar-refractivity contribution in [1.82, 2.24) is 0 Å². The molecule has 2 nitrogen and oxygen atoms in total. The Bertz CT molecular complexity index is 551. The molecule has 2 aromatic rings. The van der Waals surface area contributed by atoms with E-state index in [2.05, 4.69) is 36.5 Å². The van der Waals surface area contributed by atoms with Gasteiger partial charge in [0, 0.05) is 12.2 Å². The highest BCUT2D eigenvalue weighted by Gasteiger charge is 2.02. The molecule has 0 fully saturated rings. The molecule has 0 aromatic heterocycles. The van der Waals surface area contributed by atoms with E-state index in [1.54, 1.807) is 7.11 Å². The first-order valence-electron chi connectivity index (χ1n) is 6.88. The van der Waals surface area contributed by atoms with E-state index in [1.165, 1.54) is 12.0 Å². The van der Waals surface area contributed by atoms with Crippen LogP contribution in [-0.2, 0) is 13.0 Å². The van der Waals surface area contributed by atoms with Crippen LogP contribution in [0.25, 0.3) is 0 Å². The van der Waals surface area contributed by atoms with Gasteiger partial charge in [-0.05, 0) is 41.8 Å². The Morgan fingerprint density at radius 1 is 1.05 bits per heavy atom. The summed E-state index contributed by atoms with van der Waals surface area (Å²) in [7, 11) is 1.62. The fraction of sp³-hybridized carbons (Fsp3) is 0.294. The van der Waals surface area contributed by atoms with Gasteiger partial charge in [-0.2, -0.15) is 0 Å². The first-order chi connectivity index (χ1) is 9.72. The van der Waals surface area contributed by atoms with Gasteiger partial charge in [0.05, 0.1) is 12.1 Å². The zero-order valence-corrected chi connectivity index (χ0v) is 12.7. The minimum absolute atomic E-state index is 0.644. The first-order valence-corrected chi connectivity index (χ1v) is 7.26. The van der Waals surface area contributed by atoms with Gasteiger partial charge in [0.15, 0.2) is 0 Å². The minimum Gasteiger partial charge on any atom is -0.495 e. The monoisotopic (exact) mass is 289 g/mol. The zero-order valence-electron chi connectivity index (χ0n) is 11.9. The third kappa shape index (κ3) is 3.91. The molecule has 1 N–H and O–H groups in total. The van der Waals surface area contributed by atoms with Crippen molar-refractivity contribution in [3.05, 3.63) is 58.6 Å². The summed E-state index contributed by atoms with van der Waals surface area (Å²) in [5.41, 5.74) is 3.63. The number of methoxy groups -OCH3 is 1. The van der Waals surface area contributed by atoms with Crippen molar-refractivity contribution in [3.8, 4) is 5.75 Å². The van der Waals surface area contributed by atoms with E-state index >= 15 is 0 Å². The molecule has 0 saturated carbocycles. The summed E-state index contributed by atoms with van der Waals surface area (Å²) in [6.07, 6.45) is 2.31. The molecule has 0 spiro atoms. The molecule has 3 heteroatoms. The van der Waals surface area contributed by atoms with Gasteiger partial charge in [-0.25, -0.2) is 0 Å². The van der Waals surface area contributed by atoms with Gasteiger partial charge in [-0.15, -0.1) is 0 Å². The SMILES string of the molecule is CCCc1ccc(NCc2ccc(OC)c(Cl)c2)cc1. The van der Waals surface area contributed by atoms with Crippen LogP contribution in [0.5, 0.6) is 5.75 Å². The molecule has 0 radical (unpaired) electrons. The number of ether oxygens (including phenoxy) is 1. The number of hydrogen-bond donors (Lipinski definition) is 1. The minimum atomic E-state index is 0.644. The molecule has 2 aromatic carbocycles. The normalized spacial score (nSPS) is 10.3. The average Bonchev–Trinajstić information content (AvgIpc) is 2.47. The molecule has 106 valence electrons. The van der Waals surface area contributed by atoms with Crippen molar-refractivity contribution in [1.29, 1.82) is 0 Å². The second-order valence-corrected chi connectivity index (χ2v) is 5.18. The molecule has 20 heavy (non-hydrogen) atoms. The maximum absolute atomic E-state index is 6.11. The number of nitrogens with one attached hydrogen (secondary N) is 1. The molecule has 0 bridgehead atoms. The van der Waals surface area contributed by atoms with Crippen LogP contribution in [0, 0.1) is 0 Å². The average molecular weight is 290 g/mol. The van der Waals surface area contributed by atoms with Gasteiger partial charge < -0.3 is 10.1 Å². The molecule has 2 rings (SSSR count). The van der Waals surface area contributed by atoms with E-state index < -0.39 is 0 Å². The van der Waals surface area contributed by atoms with E-state index in [0.29, 0.717) is 10.8 Å². The Labute approximate surface area is 125 Å². The van der Waals surface area contributed by atoms with Crippen molar-refractivity contribution >= 4 is 17.3 Å². The van der Waals surface area contributed by atoms with Gasteiger partial charge >= 0.3 is 0 Å². The molecule has 0 atom stereocenters. The van der Waals surface area contributed by atoms with Crippen LogP contribution < -0.4 is 10.1 Å². The summed E-state index contributed by atoms with van der Waals surface area (Å²) in [6.45, 7) is 2.94. The Hall–Kier alpha value is -1.67. The van der Waals surface area contributed by atoms with Crippen LogP contribution in [0.4, 0.5) is 5.69 Å². The summed E-state index contributed by atoms with van der Waals surface area (Å²) >= 11 is 6.11. The molecular weight excluding hydrogens is 270 g/mol. The van der Waals surface area contributed by atoms with E-state index in [9.17, 15) is 0 Å². The number of benzene rings is 2. The largest absolute Gasteiger partial charge is 0.495 e. The van der Waals surface area contributed by atoms with Crippen molar-refractivity contribution in [2.24, 2.45) is 0 Å². The predicted molar refractivity (Wildman–Crippen MR) is 85.8 cm³/mol. The zero-order chi connectivity index (χ0) is 14.4. The van der Waals surface area contributed by atoms with Gasteiger partial charge in [-0.1, -0.05) is 43.1 Å². The fourth-order valence-corrected chi connectivity index (χ4v) is 2.38. The predicted octanol–water partition coefficient (Wildman–Crippen LogP) is 4.91.